The van der Waals surface area contributed by atoms with Crippen LogP contribution >= 0.6 is 0 Å². The van der Waals surface area contributed by atoms with Gasteiger partial charge in [-0.25, -0.2) is 9.78 Å². The SMILES string of the molecule is COC(=O)c1nc(C2CNC2)n2ccc(O)cc12. The second-order valence-electron chi connectivity index (χ2n) is 4.31. The molecular formula is C12H13N3O3. The van der Waals surface area contributed by atoms with Gasteiger partial charge in [0.2, 0.25) is 0 Å². The Kier molecular flexibility index (Phi) is 2.45. The van der Waals surface area contributed by atoms with Gasteiger partial charge >= 0.3 is 5.97 Å². The highest BCUT2D eigenvalue weighted by Gasteiger charge is 2.27. The van der Waals surface area contributed by atoms with Crippen LogP contribution in [0.5, 0.6) is 5.75 Å². The predicted molar refractivity (Wildman–Crippen MR) is 63.8 cm³/mol. The largest absolute Gasteiger partial charge is 0.508 e. The molecule has 1 aliphatic rings. The number of hydrogen-bond acceptors (Lipinski definition) is 5. The molecule has 2 aromatic heterocycles. The van der Waals surface area contributed by atoms with Crippen LogP contribution in [0.2, 0.25) is 0 Å². The highest BCUT2D eigenvalue weighted by molar-refractivity contribution is 5.95. The van der Waals surface area contributed by atoms with E-state index in [4.69, 9.17) is 4.74 Å². The van der Waals surface area contributed by atoms with Crippen molar-refractivity contribution in [3.05, 3.63) is 29.8 Å². The molecule has 94 valence electrons. The molecule has 2 aromatic rings. The van der Waals surface area contributed by atoms with Crippen LogP contribution in [-0.4, -0.2) is 40.7 Å². The van der Waals surface area contributed by atoms with E-state index in [1.165, 1.54) is 13.2 Å². The number of carbonyl (C=O) groups excluding carboxylic acids is 1. The summed E-state index contributed by atoms with van der Waals surface area (Å²) in [5.41, 5.74) is 0.819. The van der Waals surface area contributed by atoms with Gasteiger partial charge in [-0.3, -0.25) is 0 Å². The first-order valence-corrected chi connectivity index (χ1v) is 5.70. The maximum absolute atomic E-state index is 11.7. The van der Waals surface area contributed by atoms with Gasteiger partial charge in [-0.15, -0.1) is 0 Å². The van der Waals surface area contributed by atoms with Crippen molar-refractivity contribution in [2.45, 2.75) is 5.92 Å². The van der Waals surface area contributed by atoms with E-state index in [1.807, 2.05) is 4.40 Å². The summed E-state index contributed by atoms with van der Waals surface area (Å²) >= 11 is 0. The van der Waals surface area contributed by atoms with Gasteiger partial charge in [0.25, 0.3) is 0 Å². The molecule has 1 aliphatic heterocycles. The summed E-state index contributed by atoms with van der Waals surface area (Å²) in [5, 5.41) is 12.7. The van der Waals surface area contributed by atoms with Gasteiger partial charge in [0.1, 0.15) is 11.6 Å². The number of methoxy groups -OCH3 is 1. The number of fused-ring (bicyclic) bond motifs is 1. The molecule has 0 atom stereocenters. The Labute approximate surface area is 103 Å². The highest BCUT2D eigenvalue weighted by atomic mass is 16.5. The van der Waals surface area contributed by atoms with Crippen LogP contribution in [0.1, 0.15) is 22.2 Å². The lowest BCUT2D eigenvalue weighted by molar-refractivity contribution is 0.0596. The van der Waals surface area contributed by atoms with Crippen molar-refractivity contribution in [3.8, 4) is 5.75 Å². The van der Waals surface area contributed by atoms with E-state index in [-0.39, 0.29) is 11.4 Å². The molecule has 6 nitrogen and oxygen atoms in total. The quantitative estimate of drug-likeness (QED) is 0.756. The van der Waals surface area contributed by atoms with Gasteiger partial charge in [0.15, 0.2) is 5.69 Å². The van der Waals surface area contributed by atoms with Crippen LogP contribution in [0.15, 0.2) is 18.3 Å². The van der Waals surface area contributed by atoms with Gasteiger partial charge in [0, 0.05) is 31.3 Å². The molecule has 3 rings (SSSR count). The van der Waals surface area contributed by atoms with Crippen molar-refractivity contribution in [2.24, 2.45) is 0 Å². The van der Waals surface area contributed by atoms with Crippen LogP contribution in [-0.2, 0) is 4.74 Å². The van der Waals surface area contributed by atoms with E-state index in [2.05, 4.69) is 10.3 Å². The lowest BCUT2D eigenvalue weighted by Gasteiger charge is -2.25. The van der Waals surface area contributed by atoms with E-state index >= 15 is 0 Å². The molecule has 18 heavy (non-hydrogen) atoms. The Bertz CT molecular complexity index is 616. The number of nitrogens with zero attached hydrogens (tertiary/aromatic N) is 2. The van der Waals surface area contributed by atoms with Gasteiger partial charge in [-0.05, 0) is 6.07 Å². The molecule has 1 fully saturated rings. The molecule has 0 aliphatic carbocycles. The second kappa shape index (κ2) is 3.99. The van der Waals surface area contributed by atoms with Crippen molar-refractivity contribution in [2.75, 3.05) is 20.2 Å². The summed E-state index contributed by atoms with van der Waals surface area (Å²) in [6.45, 7) is 1.70. The van der Waals surface area contributed by atoms with Crippen LogP contribution in [0.25, 0.3) is 5.52 Å². The maximum Gasteiger partial charge on any atom is 0.358 e. The maximum atomic E-state index is 11.7. The molecule has 0 saturated carbocycles. The zero-order valence-corrected chi connectivity index (χ0v) is 9.88. The summed E-state index contributed by atoms with van der Waals surface area (Å²) in [5.74, 6) is 0.729. The number of esters is 1. The number of hydrogen-bond donors (Lipinski definition) is 2. The number of aromatic hydroxyl groups is 1. The van der Waals surface area contributed by atoms with Crippen LogP contribution in [0.4, 0.5) is 0 Å². The zero-order valence-electron chi connectivity index (χ0n) is 9.88. The Balaban J connectivity index is 2.21. The summed E-state index contributed by atoms with van der Waals surface area (Å²) < 4.78 is 6.55. The van der Waals surface area contributed by atoms with Crippen molar-refractivity contribution < 1.29 is 14.6 Å². The fourth-order valence-corrected chi connectivity index (χ4v) is 2.10. The van der Waals surface area contributed by atoms with E-state index < -0.39 is 5.97 Å². The van der Waals surface area contributed by atoms with Crippen LogP contribution < -0.4 is 5.32 Å². The molecule has 0 unspecified atom stereocenters. The van der Waals surface area contributed by atoms with E-state index in [0.717, 1.165) is 18.9 Å². The Morgan fingerprint density at radius 2 is 2.39 bits per heavy atom. The summed E-state index contributed by atoms with van der Waals surface area (Å²) in [6, 6.07) is 3.10. The molecule has 0 spiro atoms. The lowest BCUT2D eigenvalue weighted by atomic mass is 10.0. The molecule has 6 heteroatoms. The van der Waals surface area contributed by atoms with Crippen molar-refractivity contribution >= 4 is 11.5 Å². The molecule has 0 aromatic carbocycles. The number of imidazole rings is 1. The molecule has 2 N–H and O–H groups in total. The van der Waals surface area contributed by atoms with Gasteiger partial charge in [0.05, 0.1) is 12.6 Å². The third-order valence-electron chi connectivity index (χ3n) is 3.18. The first-order valence-electron chi connectivity index (χ1n) is 5.70. The Morgan fingerprint density at radius 1 is 1.61 bits per heavy atom. The summed E-state index contributed by atoms with van der Waals surface area (Å²) in [7, 11) is 1.32. The third kappa shape index (κ3) is 1.53. The molecule has 1 saturated heterocycles. The molecular weight excluding hydrogens is 234 g/mol. The fourth-order valence-electron chi connectivity index (χ4n) is 2.10. The highest BCUT2D eigenvalue weighted by Crippen LogP contribution is 2.25. The van der Waals surface area contributed by atoms with Gasteiger partial charge in [-0.1, -0.05) is 0 Å². The lowest BCUT2D eigenvalue weighted by Crippen LogP contribution is -2.40. The molecule has 3 heterocycles. The standard InChI is InChI=1S/C12H13N3O3/c1-18-12(17)10-9-4-8(16)2-3-15(9)11(14-10)7-5-13-6-7/h2-4,7,13,16H,5-6H2,1H3. The normalized spacial score (nSPS) is 15.6. The first-order chi connectivity index (χ1) is 8.70. The van der Waals surface area contributed by atoms with Crippen molar-refractivity contribution in [3.63, 3.8) is 0 Å². The number of aromatic nitrogens is 2. The molecule has 0 amide bonds. The second-order valence-corrected chi connectivity index (χ2v) is 4.31. The van der Waals surface area contributed by atoms with E-state index in [1.54, 1.807) is 12.3 Å². The Hall–Kier alpha value is -2.08. The Morgan fingerprint density at radius 3 is 3.00 bits per heavy atom. The fraction of sp³-hybridized carbons (Fsp3) is 0.333. The predicted octanol–water partition coefficient (Wildman–Crippen LogP) is 0.513. The number of pyridine rings is 1. The monoisotopic (exact) mass is 247 g/mol. The smallest absolute Gasteiger partial charge is 0.358 e. The van der Waals surface area contributed by atoms with Crippen molar-refractivity contribution in [1.82, 2.24) is 14.7 Å². The summed E-state index contributed by atoms with van der Waals surface area (Å²) in [6.07, 6.45) is 1.72. The molecule has 0 bridgehead atoms. The van der Waals surface area contributed by atoms with Crippen molar-refractivity contribution in [1.29, 1.82) is 0 Å². The number of rotatable bonds is 2. The molecule has 0 radical (unpaired) electrons. The topological polar surface area (TPSA) is 75.9 Å². The minimum absolute atomic E-state index is 0.103. The summed E-state index contributed by atoms with van der Waals surface area (Å²) in [4.78, 5) is 16.0. The number of carbonyl (C=O) groups is 1. The number of nitrogens with one attached hydrogen (secondary N) is 1. The first kappa shape index (κ1) is 11.0. The van der Waals surface area contributed by atoms with Crippen LogP contribution in [0, 0.1) is 0 Å². The van der Waals surface area contributed by atoms with Crippen LogP contribution in [0.3, 0.4) is 0 Å². The van der Waals surface area contributed by atoms with E-state index in [0.29, 0.717) is 11.4 Å². The third-order valence-corrected chi connectivity index (χ3v) is 3.18. The average molecular weight is 247 g/mol. The number of ether oxygens (including phenoxy) is 1. The van der Waals surface area contributed by atoms with Gasteiger partial charge in [-0.2, -0.15) is 0 Å². The minimum atomic E-state index is -0.489. The van der Waals surface area contributed by atoms with Gasteiger partial charge < -0.3 is 19.6 Å². The zero-order chi connectivity index (χ0) is 12.7. The minimum Gasteiger partial charge on any atom is -0.508 e. The van der Waals surface area contributed by atoms with E-state index in [9.17, 15) is 9.90 Å². The average Bonchev–Trinajstić information content (AvgIpc) is 2.65.